The van der Waals surface area contributed by atoms with Crippen molar-refractivity contribution in [3.05, 3.63) is 46.3 Å². The summed E-state index contributed by atoms with van der Waals surface area (Å²) in [7, 11) is 0. The summed E-state index contributed by atoms with van der Waals surface area (Å²) >= 11 is 3.34. The van der Waals surface area contributed by atoms with Gasteiger partial charge in [0, 0.05) is 4.47 Å². The maximum Gasteiger partial charge on any atom is 0.168 e. The minimum Gasteiger partial charge on any atom is -0.486 e. The average molecular weight is 305 g/mol. The number of aromatic nitrogens is 2. The van der Waals surface area contributed by atoms with Crippen LogP contribution >= 0.6 is 15.9 Å². The molecular weight excluding hydrogens is 296 g/mol. The summed E-state index contributed by atoms with van der Waals surface area (Å²) < 4.78 is 6.47. The second-order valence-electron chi connectivity index (χ2n) is 3.44. The molecule has 6 heteroatoms. The molecule has 0 aliphatic carbocycles. The molecule has 0 aliphatic rings. The molecule has 0 unspecified atom stereocenters. The van der Waals surface area contributed by atoms with E-state index in [1.165, 1.54) is 6.20 Å². The van der Waals surface area contributed by atoms with Crippen LogP contribution in [-0.2, 0) is 6.61 Å². The summed E-state index contributed by atoms with van der Waals surface area (Å²) in [6, 6.07) is 9.32. The third kappa shape index (κ3) is 2.96. The summed E-state index contributed by atoms with van der Waals surface area (Å²) in [5, 5.41) is 8.70. The van der Waals surface area contributed by atoms with E-state index >= 15 is 0 Å². The molecule has 2 rings (SSSR count). The summed E-state index contributed by atoms with van der Waals surface area (Å²) in [6.07, 6.45) is 1.39. The molecule has 1 aromatic carbocycles. The molecule has 18 heavy (non-hydrogen) atoms. The van der Waals surface area contributed by atoms with Crippen molar-refractivity contribution >= 4 is 21.7 Å². The molecule has 0 saturated heterocycles. The lowest BCUT2D eigenvalue weighted by Crippen LogP contribution is -2.05. The molecule has 2 aromatic rings. The molecule has 1 heterocycles. The maximum atomic E-state index is 8.70. The highest BCUT2D eigenvalue weighted by atomic mass is 79.9. The number of nitrogens with zero attached hydrogens (tertiary/aromatic N) is 3. The quantitative estimate of drug-likeness (QED) is 0.940. The van der Waals surface area contributed by atoms with Crippen molar-refractivity contribution < 1.29 is 4.74 Å². The van der Waals surface area contributed by atoms with E-state index in [9.17, 15) is 0 Å². The van der Waals surface area contributed by atoms with Crippen LogP contribution in [0.15, 0.2) is 34.9 Å². The van der Waals surface area contributed by atoms with Crippen molar-refractivity contribution in [3.8, 4) is 11.8 Å². The SMILES string of the molecule is N#Cc1cnc(COc2ccc(Br)cc2)nc1N. The Kier molecular flexibility index (Phi) is 3.75. The van der Waals surface area contributed by atoms with Gasteiger partial charge >= 0.3 is 0 Å². The summed E-state index contributed by atoms with van der Waals surface area (Å²) in [6.45, 7) is 0.206. The molecule has 1 aromatic heterocycles. The number of nitrogens with two attached hydrogens (primary N) is 1. The van der Waals surface area contributed by atoms with E-state index in [0.717, 1.165) is 4.47 Å². The first kappa shape index (κ1) is 12.3. The Bertz CT molecular complexity index is 592. The van der Waals surface area contributed by atoms with Crippen LogP contribution in [0, 0.1) is 11.3 Å². The van der Waals surface area contributed by atoms with Crippen LogP contribution in [0.2, 0.25) is 0 Å². The maximum absolute atomic E-state index is 8.70. The van der Waals surface area contributed by atoms with Crippen molar-refractivity contribution in [3.63, 3.8) is 0 Å². The van der Waals surface area contributed by atoms with Gasteiger partial charge in [0.15, 0.2) is 5.82 Å². The summed E-state index contributed by atoms with van der Waals surface area (Å²) in [5.74, 6) is 1.32. The number of nitrogen functional groups attached to an aromatic ring is 1. The van der Waals surface area contributed by atoms with Crippen molar-refractivity contribution in [2.75, 3.05) is 5.73 Å². The highest BCUT2D eigenvalue weighted by molar-refractivity contribution is 9.10. The molecule has 0 atom stereocenters. The third-order valence-electron chi connectivity index (χ3n) is 2.17. The van der Waals surface area contributed by atoms with E-state index < -0.39 is 0 Å². The fraction of sp³-hybridized carbons (Fsp3) is 0.0833. The number of benzene rings is 1. The Labute approximate surface area is 112 Å². The van der Waals surface area contributed by atoms with Crippen molar-refractivity contribution in [1.29, 1.82) is 5.26 Å². The first-order valence-corrected chi connectivity index (χ1v) is 5.88. The number of ether oxygens (including phenoxy) is 1. The molecule has 0 saturated carbocycles. The Morgan fingerprint density at radius 1 is 1.33 bits per heavy atom. The van der Waals surface area contributed by atoms with Crippen LogP contribution in [0.4, 0.5) is 5.82 Å². The van der Waals surface area contributed by atoms with E-state index in [0.29, 0.717) is 11.6 Å². The van der Waals surface area contributed by atoms with Gasteiger partial charge in [0.05, 0.1) is 6.20 Å². The first-order chi connectivity index (χ1) is 8.69. The van der Waals surface area contributed by atoms with Crippen LogP contribution in [0.5, 0.6) is 5.75 Å². The summed E-state index contributed by atoms with van der Waals surface area (Å²) in [5.41, 5.74) is 5.85. The van der Waals surface area contributed by atoms with Gasteiger partial charge in [-0.3, -0.25) is 0 Å². The molecule has 0 aliphatic heterocycles. The fourth-order valence-electron chi connectivity index (χ4n) is 1.27. The molecule has 5 nitrogen and oxygen atoms in total. The van der Waals surface area contributed by atoms with Gasteiger partial charge in [-0.1, -0.05) is 15.9 Å². The predicted molar refractivity (Wildman–Crippen MR) is 69.6 cm³/mol. The fourth-order valence-corrected chi connectivity index (χ4v) is 1.53. The van der Waals surface area contributed by atoms with Crippen molar-refractivity contribution in [1.82, 2.24) is 9.97 Å². The van der Waals surface area contributed by atoms with E-state index in [1.54, 1.807) is 0 Å². The average Bonchev–Trinajstić information content (AvgIpc) is 2.38. The van der Waals surface area contributed by atoms with E-state index in [1.807, 2.05) is 30.3 Å². The molecule has 90 valence electrons. The lowest BCUT2D eigenvalue weighted by atomic mass is 10.3. The summed E-state index contributed by atoms with van der Waals surface area (Å²) in [4.78, 5) is 7.98. The number of nitriles is 1. The van der Waals surface area contributed by atoms with Crippen LogP contribution in [0.25, 0.3) is 0 Å². The van der Waals surface area contributed by atoms with Gasteiger partial charge in [-0.25, -0.2) is 9.97 Å². The van der Waals surface area contributed by atoms with Crippen molar-refractivity contribution in [2.24, 2.45) is 0 Å². The topological polar surface area (TPSA) is 84.8 Å². The van der Waals surface area contributed by atoms with Gasteiger partial charge < -0.3 is 10.5 Å². The van der Waals surface area contributed by atoms with Crippen LogP contribution in [0.1, 0.15) is 11.4 Å². The molecule has 2 N–H and O–H groups in total. The zero-order valence-corrected chi connectivity index (χ0v) is 10.9. The standard InChI is InChI=1S/C12H9BrN4O/c13-9-1-3-10(4-2-9)18-7-11-16-6-8(5-14)12(15)17-11/h1-4,6H,7H2,(H2,15,16,17). The zero-order valence-electron chi connectivity index (χ0n) is 9.30. The highest BCUT2D eigenvalue weighted by Crippen LogP contribution is 2.17. The lowest BCUT2D eigenvalue weighted by molar-refractivity contribution is 0.296. The zero-order chi connectivity index (χ0) is 13.0. The van der Waals surface area contributed by atoms with Crippen LogP contribution in [0.3, 0.4) is 0 Å². The van der Waals surface area contributed by atoms with Crippen molar-refractivity contribution in [2.45, 2.75) is 6.61 Å². The van der Waals surface area contributed by atoms with Gasteiger partial charge in [0.25, 0.3) is 0 Å². The monoisotopic (exact) mass is 304 g/mol. The Morgan fingerprint density at radius 3 is 2.67 bits per heavy atom. The molecule has 0 spiro atoms. The van der Waals surface area contributed by atoms with Gasteiger partial charge in [-0.05, 0) is 24.3 Å². The molecule has 0 bridgehead atoms. The number of rotatable bonds is 3. The smallest absolute Gasteiger partial charge is 0.168 e. The van der Waals surface area contributed by atoms with Gasteiger partial charge in [-0.2, -0.15) is 5.26 Å². The lowest BCUT2D eigenvalue weighted by Gasteiger charge is -2.05. The molecular formula is C12H9BrN4O. The Balaban J connectivity index is 2.04. The Hall–Kier alpha value is -2.13. The number of anilines is 1. The predicted octanol–water partition coefficient (Wildman–Crippen LogP) is 2.27. The van der Waals surface area contributed by atoms with Gasteiger partial charge in [0.2, 0.25) is 0 Å². The molecule has 0 radical (unpaired) electrons. The third-order valence-corrected chi connectivity index (χ3v) is 2.70. The molecule has 0 amide bonds. The van der Waals surface area contributed by atoms with Gasteiger partial charge in [0.1, 0.15) is 29.8 Å². The second-order valence-corrected chi connectivity index (χ2v) is 4.36. The normalized spacial score (nSPS) is 9.78. The minimum atomic E-state index is 0.168. The van der Waals surface area contributed by atoms with Gasteiger partial charge in [-0.15, -0.1) is 0 Å². The largest absolute Gasteiger partial charge is 0.486 e. The molecule has 0 fully saturated rings. The number of hydrogen-bond donors (Lipinski definition) is 1. The number of halogens is 1. The number of hydrogen-bond acceptors (Lipinski definition) is 5. The Morgan fingerprint density at radius 2 is 2.06 bits per heavy atom. The first-order valence-electron chi connectivity index (χ1n) is 5.09. The van der Waals surface area contributed by atoms with E-state index in [2.05, 4.69) is 25.9 Å². The van der Waals surface area contributed by atoms with Crippen LogP contribution in [-0.4, -0.2) is 9.97 Å². The second kappa shape index (κ2) is 5.47. The minimum absolute atomic E-state index is 0.168. The highest BCUT2D eigenvalue weighted by Gasteiger charge is 2.04. The van der Waals surface area contributed by atoms with E-state index in [4.69, 9.17) is 15.7 Å². The van der Waals surface area contributed by atoms with E-state index in [-0.39, 0.29) is 18.0 Å². The van der Waals surface area contributed by atoms with Crippen LogP contribution < -0.4 is 10.5 Å².